The Labute approximate surface area is 176 Å². The van der Waals surface area contributed by atoms with Crippen LogP contribution in [0.15, 0.2) is 72.8 Å². The van der Waals surface area contributed by atoms with Crippen molar-refractivity contribution in [3.63, 3.8) is 0 Å². The van der Waals surface area contributed by atoms with Gasteiger partial charge in [0.05, 0.1) is 16.4 Å². The second kappa shape index (κ2) is 8.95. The summed E-state index contributed by atoms with van der Waals surface area (Å²) in [5.74, 6) is -0.638. The summed E-state index contributed by atoms with van der Waals surface area (Å²) in [6.07, 6.45) is 0. The van der Waals surface area contributed by atoms with E-state index in [-0.39, 0.29) is 17.0 Å². The fourth-order valence-electron chi connectivity index (χ4n) is 3.07. The van der Waals surface area contributed by atoms with Gasteiger partial charge in [-0.25, -0.2) is 0 Å². The second-order valence-electron chi connectivity index (χ2n) is 6.68. The maximum Gasteiger partial charge on any atom is 0.346 e. The Balaban J connectivity index is 1.83. The zero-order chi connectivity index (χ0) is 22.5. The summed E-state index contributed by atoms with van der Waals surface area (Å²) in [5.41, 5.74) is 0.342. The van der Waals surface area contributed by atoms with Gasteiger partial charge in [-0.2, -0.15) is 0 Å². The summed E-state index contributed by atoms with van der Waals surface area (Å²) in [6.45, 7) is 1.77. The Bertz CT molecular complexity index is 1160. The van der Waals surface area contributed by atoms with Crippen LogP contribution in [-0.2, 0) is 11.3 Å². The molecule has 9 heteroatoms. The molecule has 0 saturated heterocycles. The Morgan fingerprint density at radius 3 is 1.94 bits per heavy atom. The highest BCUT2D eigenvalue weighted by atomic mass is 16.6. The largest absolute Gasteiger partial charge is 0.346 e. The molecule has 0 saturated carbocycles. The summed E-state index contributed by atoms with van der Waals surface area (Å²) in [4.78, 5) is 46.6. The van der Waals surface area contributed by atoms with E-state index in [1.165, 1.54) is 13.0 Å². The molecule has 0 spiro atoms. The predicted molar refractivity (Wildman–Crippen MR) is 113 cm³/mol. The van der Waals surface area contributed by atoms with Crippen molar-refractivity contribution < 1.29 is 19.4 Å². The number of nitro benzene ring substituents is 2. The highest BCUT2D eigenvalue weighted by Crippen LogP contribution is 2.28. The lowest BCUT2D eigenvalue weighted by molar-refractivity contribution is -0.422. The fourth-order valence-corrected chi connectivity index (χ4v) is 3.07. The fraction of sp³-hybridized carbons (Fsp3) is 0.0909. The van der Waals surface area contributed by atoms with Crippen LogP contribution in [0.3, 0.4) is 0 Å². The number of anilines is 1. The van der Waals surface area contributed by atoms with E-state index in [0.717, 1.165) is 23.4 Å². The van der Waals surface area contributed by atoms with Gasteiger partial charge in [-0.1, -0.05) is 42.5 Å². The van der Waals surface area contributed by atoms with Crippen molar-refractivity contribution in [2.45, 2.75) is 13.5 Å². The molecule has 0 aromatic heterocycles. The van der Waals surface area contributed by atoms with E-state index in [2.05, 4.69) is 0 Å². The summed E-state index contributed by atoms with van der Waals surface area (Å²) < 4.78 is 0. The number of amides is 1. The number of para-hydroxylation sites is 1. The van der Waals surface area contributed by atoms with Crippen LogP contribution < -0.4 is 4.90 Å². The Morgan fingerprint density at radius 2 is 1.39 bits per heavy atom. The molecule has 0 heterocycles. The molecule has 3 aromatic carbocycles. The minimum atomic E-state index is -0.891. The molecule has 0 N–H and O–H groups in total. The van der Waals surface area contributed by atoms with E-state index in [4.69, 9.17) is 0 Å². The SMILES string of the molecule is CC(=O)N(Cc1ccc(C(=O)c2ccc([N+](=O)[O-])c([N+](=O)[O-])c2)cc1)c1ccccc1. The second-order valence-corrected chi connectivity index (χ2v) is 6.68. The van der Waals surface area contributed by atoms with Crippen molar-refractivity contribution in [3.8, 4) is 0 Å². The molecule has 0 aliphatic heterocycles. The van der Waals surface area contributed by atoms with Gasteiger partial charge in [0.25, 0.3) is 0 Å². The number of hydrogen-bond donors (Lipinski definition) is 0. The smallest absolute Gasteiger partial charge is 0.308 e. The van der Waals surface area contributed by atoms with Gasteiger partial charge in [-0.15, -0.1) is 0 Å². The molecule has 0 aliphatic carbocycles. The monoisotopic (exact) mass is 419 g/mol. The van der Waals surface area contributed by atoms with Crippen LogP contribution in [0.1, 0.15) is 28.4 Å². The van der Waals surface area contributed by atoms with Crippen molar-refractivity contribution in [1.82, 2.24) is 0 Å². The molecule has 3 aromatic rings. The van der Waals surface area contributed by atoms with Gasteiger partial charge in [-0.3, -0.25) is 29.8 Å². The molecule has 9 nitrogen and oxygen atoms in total. The van der Waals surface area contributed by atoms with Gasteiger partial charge in [0.1, 0.15) is 0 Å². The Hall–Kier alpha value is -4.40. The van der Waals surface area contributed by atoms with E-state index >= 15 is 0 Å². The van der Waals surface area contributed by atoms with E-state index in [0.29, 0.717) is 6.54 Å². The number of carbonyl (C=O) groups excluding carboxylic acids is 2. The van der Waals surface area contributed by atoms with E-state index in [9.17, 15) is 29.8 Å². The number of benzene rings is 3. The van der Waals surface area contributed by atoms with Crippen LogP contribution >= 0.6 is 0 Å². The van der Waals surface area contributed by atoms with E-state index in [1.807, 2.05) is 30.3 Å². The average molecular weight is 419 g/mol. The molecule has 0 fully saturated rings. The first-order valence-electron chi connectivity index (χ1n) is 9.17. The molecular formula is C22H17N3O6. The lowest BCUT2D eigenvalue weighted by Crippen LogP contribution is -2.27. The first-order chi connectivity index (χ1) is 14.8. The number of nitrogens with zero attached hydrogens (tertiary/aromatic N) is 3. The molecular weight excluding hydrogens is 402 g/mol. The quantitative estimate of drug-likeness (QED) is 0.320. The lowest BCUT2D eigenvalue weighted by Gasteiger charge is -2.21. The number of rotatable bonds is 7. The molecule has 0 atom stereocenters. The zero-order valence-electron chi connectivity index (χ0n) is 16.4. The predicted octanol–water partition coefficient (Wildman–Crippen LogP) is 4.29. The molecule has 31 heavy (non-hydrogen) atoms. The van der Waals surface area contributed by atoms with Gasteiger partial charge in [0.2, 0.25) is 5.91 Å². The van der Waals surface area contributed by atoms with Gasteiger partial charge in [0, 0.05) is 35.9 Å². The van der Waals surface area contributed by atoms with Crippen LogP contribution in [0.4, 0.5) is 17.1 Å². The third-order valence-electron chi connectivity index (χ3n) is 4.64. The first kappa shape index (κ1) is 21.3. The highest BCUT2D eigenvalue weighted by Gasteiger charge is 2.26. The molecule has 0 radical (unpaired) electrons. The maximum atomic E-state index is 12.7. The van der Waals surface area contributed by atoms with Crippen molar-refractivity contribution >= 4 is 28.8 Å². The van der Waals surface area contributed by atoms with Crippen LogP contribution in [-0.4, -0.2) is 21.5 Å². The number of nitro groups is 2. The lowest BCUT2D eigenvalue weighted by atomic mass is 10.0. The molecule has 0 aliphatic rings. The number of ketones is 1. The molecule has 3 rings (SSSR count). The van der Waals surface area contributed by atoms with Crippen LogP contribution in [0.5, 0.6) is 0 Å². The summed E-state index contributed by atoms with van der Waals surface area (Å²) in [7, 11) is 0. The molecule has 156 valence electrons. The van der Waals surface area contributed by atoms with E-state index < -0.39 is 27.0 Å². The summed E-state index contributed by atoms with van der Waals surface area (Å²) in [6, 6.07) is 18.7. The molecule has 1 amide bonds. The highest BCUT2D eigenvalue weighted by molar-refractivity contribution is 6.09. The molecule has 0 unspecified atom stereocenters. The topological polar surface area (TPSA) is 124 Å². The molecule has 0 bridgehead atoms. The summed E-state index contributed by atoms with van der Waals surface area (Å²) in [5, 5.41) is 22.1. The number of hydrogen-bond acceptors (Lipinski definition) is 6. The van der Waals surface area contributed by atoms with Crippen molar-refractivity contribution in [1.29, 1.82) is 0 Å². The zero-order valence-corrected chi connectivity index (χ0v) is 16.4. The van der Waals surface area contributed by atoms with Gasteiger partial charge in [0.15, 0.2) is 5.78 Å². The van der Waals surface area contributed by atoms with Crippen molar-refractivity contribution in [2.24, 2.45) is 0 Å². The normalized spacial score (nSPS) is 10.4. The van der Waals surface area contributed by atoms with Crippen LogP contribution in [0.25, 0.3) is 0 Å². The van der Waals surface area contributed by atoms with E-state index in [1.54, 1.807) is 29.2 Å². The minimum Gasteiger partial charge on any atom is -0.308 e. The van der Waals surface area contributed by atoms with Gasteiger partial charge >= 0.3 is 11.4 Å². The first-order valence-corrected chi connectivity index (χ1v) is 9.17. The Kier molecular flexibility index (Phi) is 6.15. The van der Waals surface area contributed by atoms with Gasteiger partial charge in [-0.05, 0) is 23.8 Å². The van der Waals surface area contributed by atoms with Crippen molar-refractivity contribution in [3.05, 3.63) is 110 Å². The number of carbonyl (C=O) groups is 2. The minimum absolute atomic E-state index is 0.0281. The van der Waals surface area contributed by atoms with Crippen LogP contribution in [0.2, 0.25) is 0 Å². The van der Waals surface area contributed by atoms with Crippen LogP contribution in [0, 0.1) is 20.2 Å². The third kappa shape index (κ3) is 4.78. The van der Waals surface area contributed by atoms with Gasteiger partial charge < -0.3 is 4.90 Å². The average Bonchev–Trinajstić information content (AvgIpc) is 2.77. The maximum absolute atomic E-state index is 12.7. The summed E-state index contributed by atoms with van der Waals surface area (Å²) >= 11 is 0. The Morgan fingerprint density at radius 1 is 0.806 bits per heavy atom. The van der Waals surface area contributed by atoms with Crippen molar-refractivity contribution in [2.75, 3.05) is 4.90 Å². The third-order valence-corrected chi connectivity index (χ3v) is 4.64. The standard InChI is InChI=1S/C22H17N3O6/c1-15(26)23(19-5-3-2-4-6-19)14-16-7-9-17(10-8-16)22(27)18-11-12-20(24(28)29)21(13-18)25(30)31/h2-13H,14H2,1H3.